The van der Waals surface area contributed by atoms with Crippen molar-refractivity contribution in [3.63, 3.8) is 0 Å². The fraction of sp³-hybridized carbons (Fsp3) is 0.316. The Morgan fingerprint density at radius 3 is 2.23 bits per heavy atom. The molecule has 0 heterocycles. The van der Waals surface area contributed by atoms with Crippen molar-refractivity contribution < 1.29 is 8.42 Å². The summed E-state index contributed by atoms with van der Waals surface area (Å²) in [6.45, 7) is 3.38. The third-order valence-electron chi connectivity index (χ3n) is 3.81. The van der Waals surface area contributed by atoms with Crippen molar-refractivity contribution in [2.45, 2.75) is 18.2 Å². The molecule has 2 rings (SSSR count). The number of aliphatic imine (C=N–C) groups is 1. The minimum absolute atomic E-state index is 0.272. The highest BCUT2D eigenvalue weighted by molar-refractivity contribution is 7.89. The second kappa shape index (κ2) is 9.94. The monoisotopic (exact) mass is 374 g/mol. The predicted molar refractivity (Wildman–Crippen MR) is 106 cm³/mol. The summed E-state index contributed by atoms with van der Waals surface area (Å²) in [7, 11) is -1.80. The van der Waals surface area contributed by atoms with Crippen molar-refractivity contribution in [3.05, 3.63) is 65.7 Å². The highest BCUT2D eigenvalue weighted by atomic mass is 32.2. The van der Waals surface area contributed by atoms with E-state index in [1.807, 2.05) is 25.1 Å². The van der Waals surface area contributed by atoms with Gasteiger partial charge in [-0.2, -0.15) is 0 Å². The van der Waals surface area contributed by atoms with Crippen molar-refractivity contribution in [1.82, 2.24) is 15.4 Å². The van der Waals surface area contributed by atoms with E-state index in [1.165, 1.54) is 5.56 Å². The van der Waals surface area contributed by atoms with Crippen LogP contribution in [0.1, 0.15) is 11.1 Å². The van der Waals surface area contributed by atoms with Gasteiger partial charge >= 0.3 is 0 Å². The molecular formula is C19H26N4O2S. The van der Waals surface area contributed by atoms with Crippen LogP contribution in [0, 0.1) is 6.92 Å². The summed E-state index contributed by atoms with van der Waals surface area (Å²) < 4.78 is 27.0. The van der Waals surface area contributed by atoms with E-state index in [2.05, 4.69) is 32.5 Å². The van der Waals surface area contributed by atoms with E-state index in [9.17, 15) is 8.42 Å². The summed E-state index contributed by atoms with van der Waals surface area (Å²) >= 11 is 0. The van der Waals surface area contributed by atoms with Crippen LogP contribution in [-0.2, 0) is 16.4 Å². The quantitative estimate of drug-likeness (QED) is 0.373. The van der Waals surface area contributed by atoms with Crippen LogP contribution >= 0.6 is 0 Å². The molecule has 0 saturated heterocycles. The second-order valence-corrected chi connectivity index (χ2v) is 7.64. The second-order valence-electron chi connectivity index (χ2n) is 5.87. The summed E-state index contributed by atoms with van der Waals surface area (Å²) in [6.07, 6.45) is 0.890. The maximum atomic E-state index is 12.2. The molecule has 0 saturated carbocycles. The fourth-order valence-electron chi connectivity index (χ4n) is 2.36. The van der Waals surface area contributed by atoms with E-state index in [4.69, 9.17) is 0 Å². The van der Waals surface area contributed by atoms with Crippen LogP contribution in [0.4, 0.5) is 0 Å². The van der Waals surface area contributed by atoms with Gasteiger partial charge in [-0.15, -0.1) is 0 Å². The van der Waals surface area contributed by atoms with Crippen molar-refractivity contribution in [1.29, 1.82) is 0 Å². The van der Waals surface area contributed by atoms with E-state index in [1.54, 1.807) is 31.3 Å². The standard InChI is InChI=1S/C19H26N4O2S/c1-16-8-10-18(11-9-16)26(24,25)23-15-14-22-19(20-2)21-13-12-17-6-4-3-5-7-17/h3-11,23H,12-15H2,1-2H3,(H2,20,21,22). The molecule has 6 nitrogen and oxygen atoms in total. The first kappa shape index (κ1) is 19.9. The van der Waals surface area contributed by atoms with E-state index in [0.717, 1.165) is 18.5 Å². The number of guanidine groups is 1. The first-order chi connectivity index (χ1) is 12.5. The molecule has 0 spiro atoms. The third kappa shape index (κ3) is 6.50. The molecule has 2 aromatic rings. The number of nitrogens with one attached hydrogen (secondary N) is 3. The van der Waals surface area contributed by atoms with Crippen molar-refractivity contribution in [2.75, 3.05) is 26.7 Å². The van der Waals surface area contributed by atoms with Crippen LogP contribution in [0.2, 0.25) is 0 Å². The lowest BCUT2D eigenvalue weighted by molar-refractivity contribution is 0.580. The number of rotatable bonds is 8. The number of sulfonamides is 1. The SMILES string of the molecule is CN=C(NCCNS(=O)(=O)c1ccc(C)cc1)NCCc1ccccc1. The van der Waals surface area contributed by atoms with Gasteiger partial charge in [0.1, 0.15) is 0 Å². The largest absolute Gasteiger partial charge is 0.356 e. The molecular weight excluding hydrogens is 348 g/mol. The van der Waals surface area contributed by atoms with Crippen molar-refractivity contribution in [2.24, 2.45) is 4.99 Å². The molecule has 3 N–H and O–H groups in total. The van der Waals surface area contributed by atoms with E-state index < -0.39 is 10.0 Å². The number of hydrogen-bond donors (Lipinski definition) is 3. The van der Waals surface area contributed by atoms with Crippen LogP contribution in [0.5, 0.6) is 0 Å². The summed E-state index contributed by atoms with van der Waals surface area (Å²) in [6, 6.07) is 17.0. The van der Waals surface area contributed by atoms with Gasteiger partial charge in [0.15, 0.2) is 5.96 Å². The summed E-state index contributed by atoms with van der Waals surface area (Å²) in [5.74, 6) is 0.649. The van der Waals surface area contributed by atoms with Gasteiger partial charge in [-0.25, -0.2) is 13.1 Å². The zero-order chi connectivity index (χ0) is 18.8. The minimum Gasteiger partial charge on any atom is -0.356 e. The Kier molecular flexibility index (Phi) is 7.62. The molecule has 0 atom stereocenters. The Balaban J connectivity index is 1.71. The van der Waals surface area contributed by atoms with Crippen molar-refractivity contribution in [3.8, 4) is 0 Å². The summed E-state index contributed by atoms with van der Waals surface area (Å²) in [5, 5.41) is 6.32. The maximum Gasteiger partial charge on any atom is 0.240 e. The minimum atomic E-state index is -3.48. The Morgan fingerprint density at radius 2 is 1.58 bits per heavy atom. The van der Waals surface area contributed by atoms with Gasteiger partial charge in [0, 0.05) is 26.7 Å². The topological polar surface area (TPSA) is 82.6 Å². The van der Waals surface area contributed by atoms with Crippen LogP contribution in [0.25, 0.3) is 0 Å². The van der Waals surface area contributed by atoms with Gasteiger partial charge in [-0.3, -0.25) is 4.99 Å². The van der Waals surface area contributed by atoms with Crippen LogP contribution in [0.3, 0.4) is 0 Å². The molecule has 0 unspecified atom stereocenters. The van der Waals surface area contributed by atoms with Gasteiger partial charge in [0.05, 0.1) is 4.90 Å². The lowest BCUT2D eigenvalue weighted by Crippen LogP contribution is -2.42. The molecule has 0 amide bonds. The third-order valence-corrected chi connectivity index (χ3v) is 5.29. The Hall–Kier alpha value is -2.38. The molecule has 0 bridgehead atoms. The molecule has 7 heteroatoms. The smallest absolute Gasteiger partial charge is 0.240 e. The number of nitrogens with zero attached hydrogens (tertiary/aromatic N) is 1. The molecule has 0 aromatic heterocycles. The molecule has 2 aromatic carbocycles. The zero-order valence-electron chi connectivity index (χ0n) is 15.2. The predicted octanol–water partition coefficient (Wildman–Crippen LogP) is 1.68. The van der Waals surface area contributed by atoms with E-state index in [0.29, 0.717) is 12.5 Å². The van der Waals surface area contributed by atoms with Gasteiger partial charge in [0.2, 0.25) is 10.0 Å². The number of aryl methyl sites for hydroxylation is 1. The highest BCUT2D eigenvalue weighted by Crippen LogP contribution is 2.09. The van der Waals surface area contributed by atoms with E-state index in [-0.39, 0.29) is 11.4 Å². The Labute approximate surface area is 155 Å². The van der Waals surface area contributed by atoms with Gasteiger partial charge < -0.3 is 10.6 Å². The molecule has 26 heavy (non-hydrogen) atoms. The van der Waals surface area contributed by atoms with Crippen molar-refractivity contribution >= 4 is 16.0 Å². The van der Waals surface area contributed by atoms with E-state index >= 15 is 0 Å². The van der Waals surface area contributed by atoms with Crippen LogP contribution < -0.4 is 15.4 Å². The number of benzene rings is 2. The van der Waals surface area contributed by atoms with Gasteiger partial charge in [-0.05, 0) is 31.0 Å². The van der Waals surface area contributed by atoms with Crippen LogP contribution in [-0.4, -0.2) is 41.1 Å². The molecule has 0 aliphatic rings. The van der Waals surface area contributed by atoms with Crippen LogP contribution in [0.15, 0.2) is 64.5 Å². The molecule has 0 radical (unpaired) electrons. The average Bonchev–Trinajstić information content (AvgIpc) is 2.65. The Bertz CT molecular complexity index is 803. The number of hydrogen-bond acceptors (Lipinski definition) is 3. The fourth-order valence-corrected chi connectivity index (χ4v) is 3.39. The van der Waals surface area contributed by atoms with Gasteiger partial charge in [-0.1, -0.05) is 48.0 Å². The normalized spacial score (nSPS) is 12.0. The molecule has 140 valence electrons. The molecule has 0 aliphatic carbocycles. The Morgan fingerprint density at radius 1 is 0.923 bits per heavy atom. The lowest BCUT2D eigenvalue weighted by atomic mass is 10.1. The molecule has 0 aliphatic heterocycles. The molecule has 0 fully saturated rings. The highest BCUT2D eigenvalue weighted by Gasteiger charge is 2.12. The maximum absolute atomic E-state index is 12.2. The lowest BCUT2D eigenvalue weighted by Gasteiger charge is -2.12. The average molecular weight is 375 g/mol. The van der Waals surface area contributed by atoms with Gasteiger partial charge in [0.25, 0.3) is 0 Å². The zero-order valence-corrected chi connectivity index (χ0v) is 16.0. The summed E-state index contributed by atoms with van der Waals surface area (Å²) in [5.41, 5.74) is 2.28. The first-order valence-electron chi connectivity index (χ1n) is 8.56. The first-order valence-corrected chi connectivity index (χ1v) is 10.0. The summed E-state index contributed by atoms with van der Waals surface area (Å²) in [4.78, 5) is 4.41.